The molecular weight excluding hydrogens is 375 g/mol. The first-order valence-corrected chi connectivity index (χ1v) is 11.5. The minimum absolute atomic E-state index is 0.175. The molecule has 8 nitrogen and oxygen atoms in total. The fraction of sp³-hybridized carbons (Fsp3) is 0.875. The van der Waals surface area contributed by atoms with E-state index in [1.54, 1.807) is 0 Å². The van der Waals surface area contributed by atoms with E-state index in [1.807, 2.05) is 0 Å². The Hall–Kier alpha value is -0.190. The summed E-state index contributed by atoms with van der Waals surface area (Å²) in [5.41, 5.74) is 0. The zero-order valence-corrected chi connectivity index (χ0v) is 18.3. The average molecular weight is 400 g/mol. The molecule has 0 radical (unpaired) electrons. The van der Waals surface area contributed by atoms with Gasteiger partial charge in [-0.15, -0.1) is 0 Å². The molecule has 3 atom stereocenters. The Morgan fingerprint density at radius 1 is 1.04 bits per heavy atom. The summed E-state index contributed by atoms with van der Waals surface area (Å²) in [6, 6.07) is 0. The first kappa shape index (κ1) is 22.1. The van der Waals surface area contributed by atoms with Gasteiger partial charge in [-0.1, -0.05) is 0 Å². The molecular formula is C16H25NaO8S. The molecule has 0 aromatic rings. The summed E-state index contributed by atoms with van der Waals surface area (Å²) in [4.78, 5) is 22.4. The van der Waals surface area contributed by atoms with Crippen LogP contribution in [-0.2, 0) is 33.9 Å². The molecule has 0 bridgehead atoms. The van der Waals surface area contributed by atoms with E-state index in [2.05, 4.69) is 0 Å². The molecule has 0 aliphatic heterocycles. The van der Waals surface area contributed by atoms with Gasteiger partial charge in [0, 0.05) is 0 Å². The van der Waals surface area contributed by atoms with Crippen LogP contribution in [0.4, 0.5) is 0 Å². The number of rotatable bonds is 5. The second-order valence-electron chi connectivity index (χ2n) is 7.39. The van der Waals surface area contributed by atoms with Gasteiger partial charge in [-0.2, -0.15) is 0 Å². The number of carbonyl (C=O) groups excluding carboxylic acids is 2. The molecule has 0 aromatic heterocycles. The van der Waals surface area contributed by atoms with Gasteiger partial charge in [0.25, 0.3) is 0 Å². The third-order valence-corrected chi connectivity index (χ3v) is 8.30. The molecule has 0 aromatic carbocycles. The number of methoxy groups -OCH3 is 2. The minimum atomic E-state index is -4.45. The van der Waals surface area contributed by atoms with Gasteiger partial charge >= 0.3 is 172 Å². The second kappa shape index (κ2) is 8.87. The summed E-state index contributed by atoms with van der Waals surface area (Å²) in [7, 11) is -1.92. The Kier molecular flexibility index (Phi) is 7.54. The molecule has 144 valence electrons. The predicted molar refractivity (Wildman–Crippen MR) is 92.0 cm³/mol. The summed E-state index contributed by atoms with van der Waals surface area (Å²) in [5.74, 6) is -2.18. The van der Waals surface area contributed by atoms with Crippen LogP contribution in [0.5, 0.6) is 0 Å². The average Bonchev–Trinajstić information content (AvgIpc) is 2.61. The van der Waals surface area contributed by atoms with Crippen molar-refractivity contribution < 1.29 is 36.8 Å². The first-order chi connectivity index (χ1) is 12.1. The van der Waals surface area contributed by atoms with Crippen molar-refractivity contribution in [3.05, 3.63) is 0 Å². The molecule has 10 heteroatoms. The van der Waals surface area contributed by atoms with E-state index >= 15 is 0 Å². The molecule has 1 N–H and O–H groups in total. The molecule has 2 rings (SSSR count). The van der Waals surface area contributed by atoms with Crippen LogP contribution in [0.2, 0.25) is 3.17 Å². The summed E-state index contributed by atoms with van der Waals surface area (Å²) in [6.07, 6.45) is 1.97. The van der Waals surface area contributed by atoms with Crippen molar-refractivity contribution in [2.45, 2.75) is 59.2 Å². The monoisotopic (exact) mass is 400 g/mol. The van der Waals surface area contributed by atoms with Crippen LogP contribution in [0.1, 0.15) is 44.9 Å². The van der Waals surface area contributed by atoms with Gasteiger partial charge in [-0.3, -0.25) is 0 Å². The van der Waals surface area contributed by atoms with Crippen molar-refractivity contribution in [3.63, 3.8) is 0 Å². The number of hydrogen-bond donors (Lipinski definition) is 1. The molecule has 0 heterocycles. The number of ether oxygens (including phenoxy) is 3. The third-order valence-electron chi connectivity index (χ3n) is 5.70. The third kappa shape index (κ3) is 4.80. The Morgan fingerprint density at radius 3 is 2.12 bits per heavy atom. The SMILES string of the molecule is COC(=O)C1CCC(OC2(S(=O)(=O)O)CC[CH]([Na])CC2)C(C(=O)OC)C1. The fourth-order valence-corrected chi connectivity index (χ4v) is 5.55. The van der Waals surface area contributed by atoms with Gasteiger partial charge in [0.2, 0.25) is 0 Å². The van der Waals surface area contributed by atoms with Crippen LogP contribution in [0.15, 0.2) is 0 Å². The normalized spacial score (nSPS) is 35.6. The van der Waals surface area contributed by atoms with E-state index in [1.165, 1.54) is 14.2 Å². The van der Waals surface area contributed by atoms with Crippen molar-refractivity contribution in [3.8, 4) is 0 Å². The topological polar surface area (TPSA) is 116 Å². The summed E-state index contributed by atoms with van der Waals surface area (Å²) < 4.78 is 50.1. The standard InChI is InChI=1S/C16H25O8S.Na/c1-22-14(17)11-6-7-13(12(10-11)15(18)23-2)24-16(25(19,20)21)8-4-3-5-9-16;/h3,11-13H,4-10H2,1-2H3,(H,19,20,21);. The van der Waals surface area contributed by atoms with Gasteiger partial charge in [0.1, 0.15) is 0 Å². The molecule has 0 spiro atoms. The maximum absolute atomic E-state index is 12.2. The molecule has 2 saturated carbocycles. The zero-order chi connectivity index (χ0) is 19.5. The maximum atomic E-state index is 12.2. The number of hydrogen-bond acceptors (Lipinski definition) is 7. The molecule has 26 heavy (non-hydrogen) atoms. The quantitative estimate of drug-likeness (QED) is 0.416. The van der Waals surface area contributed by atoms with Gasteiger partial charge in [-0.25, -0.2) is 0 Å². The van der Waals surface area contributed by atoms with Crippen molar-refractivity contribution >= 4 is 50.0 Å². The summed E-state index contributed by atoms with van der Waals surface area (Å²) in [5, 5.41) is 0. The van der Waals surface area contributed by atoms with Crippen LogP contribution in [0.25, 0.3) is 0 Å². The van der Waals surface area contributed by atoms with Crippen LogP contribution in [-0.4, -0.2) is 78.1 Å². The number of carbonyl (C=O) groups is 2. The van der Waals surface area contributed by atoms with Crippen LogP contribution in [0.3, 0.4) is 0 Å². The molecule has 2 aliphatic rings. The van der Waals surface area contributed by atoms with Gasteiger partial charge in [-0.05, 0) is 0 Å². The van der Waals surface area contributed by atoms with Crippen molar-refractivity contribution in [2.24, 2.45) is 11.8 Å². The molecule has 3 unspecified atom stereocenters. The van der Waals surface area contributed by atoms with Crippen LogP contribution < -0.4 is 0 Å². The van der Waals surface area contributed by atoms with E-state index in [0.29, 0.717) is 28.9 Å². The van der Waals surface area contributed by atoms with Crippen LogP contribution in [0, 0.1) is 11.8 Å². The Labute approximate surface area is 171 Å². The first-order valence-electron chi connectivity index (χ1n) is 8.94. The Balaban J connectivity index is 2.23. The zero-order valence-electron chi connectivity index (χ0n) is 15.5. The summed E-state index contributed by atoms with van der Waals surface area (Å²) in [6.45, 7) is 0. The van der Waals surface area contributed by atoms with Gasteiger partial charge in [0.05, 0.1) is 0 Å². The van der Waals surface area contributed by atoms with E-state index in [9.17, 15) is 22.6 Å². The van der Waals surface area contributed by atoms with Crippen LogP contribution >= 0.6 is 0 Å². The molecule has 2 fully saturated rings. The molecule has 2 aliphatic carbocycles. The van der Waals surface area contributed by atoms with Gasteiger partial charge < -0.3 is 0 Å². The second-order valence-corrected chi connectivity index (χ2v) is 10.7. The van der Waals surface area contributed by atoms with Gasteiger partial charge in [0.15, 0.2) is 0 Å². The van der Waals surface area contributed by atoms with Crippen molar-refractivity contribution in [2.75, 3.05) is 14.2 Å². The Morgan fingerprint density at radius 2 is 1.62 bits per heavy atom. The van der Waals surface area contributed by atoms with E-state index in [4.69, 9.17) is 14.2 Å². The predicted octanol–water partition coefficient (Wildman–Crippen LogP) is 1.25. The molecule has 0 saturated heterocycles. The van der Waals surface area contributed by atoms with E-state index < -0.39 is 44.9 Å². The van der Waals surface area contributed by atoms with E-state index in [0.717, 1.165) is 27.9 Å². The number of esters is 2. The Bertz CT molecular complexity index is 626. The summed E-state index contributed by atoms with van der Waals surface area (Å²) >= 11 is 0.960. The van der Waals surface area contributed by atoms with Crippen molar-refractivity contribution in [1.82, 2.24) is 0 Å². The van der Waals surface area contributed by atoms with Crippen molar-refractivity contribution in [1.29, 1.82) is 0 Å². The fourth-order valence-electron chi connectivity index (χ4n) is 3.98. The molecule has 0 amide bonds. The van der Waals surface area contributed by atoms with E-state index in [-0.39, 0.29) is 19.3 Å².